The number of rotatable bonds is 1. The van der Waals surface area contributed by atoms with Gasteiger partial charge in [-0.2, -0.15) is 0 Å². The molecule has 1 saturated carbocycles. The third kappa shape index (κ3) is 0.565. The predicted molar refractivity (Wildman–Crippen MR) is 35.8 cm³/mol. The zero-order valence-electron chi connectivity index (χ0n) is 6.01. The normalized spacial score (nSPS) is 57.6. The molecule has 0 aromatic rings. The summed E-state index contributed by atoms with van der Waals surface area (Å²) in [5.74, 6) is 0. The number of hydrogen-bond acceptors (Lipinski definition) is 2. The second kappa shape index (κ2) is 1.56. The molecule has 3 atom stereocenters. The van der Waals surface area contributed by atoms with Crippen LogP contribution in [0.4, 0.5) is 0 Å². The van der Waals surface area contributed by atoms with Crippen LogP contribution in [0.5, 0.6) is 0 Å². The third-order valence-corrected chi connectivity index (χ3v) is 3.01. The van der Waals surface area contributed by atoms with Gasteiger partial charge in [0.25, 0.3) is 0 Å². The van der Waals surface area contributed by atoms with Gasteiger partial charge < -0.3 is 9.47 Å². The molecule has 0 aromatic heterocycles. The molecule has 3 aliphatic rings. The average Bonchev–Trinajstić information content (AvgIpc) is 2.84. The van der Waals surface area contributed by atoms with E-state index in [0.717, 1.165) is 6.61 Å². The van der Waals surface area contributed by atoms with Crippen LogP contribution in [0.15, 0.2) is 0 Å². The Morgan fingerprint density at radius 3 is 2.80 bits per heavy atom. The molecule has 3 rings (SSSR count). The van der Waals surface area contributed by atoms with Crippen molar-refractivity contribution in [3.05, 3.63) is 0 Å². The van der Waals surface area contributed by atoms with Gasteiger partial charge in [-0.1, -0.05) is 12.8 Å². The summed E-state index contributed by atoms with van der Waals surface area (Å²) in [4.78, 5) is 0. The molecule has 2 nitrogen and oxygen atoms in total. The number of ether oxygens (including phenoxy) is 2. The third-order valence-electron chi connectivity index (χ3n) is 3.01. The highest BCUT2D eigenvalue weighted by Gasteiger charge is 2.66. The van der Waals surface area contributed by atoms with Crippen LogP contribution in [0.2, 0.25) is 0 Å². The van der Waals surface area contributed by atoms with Gasteiger partial charge in [-0.3, -0.25) is 0 Å². The van der Waals surface area contributed by atoms with Gasteiger partial charge in [0.1, 0.15) is 11.7 Å². The smallest absolute Gasteiger partial charge is 0.123 e. The van der Waals surface area contributed by atoms with Gasteiger partial charge in [-0.05, 0) is 12.8 Å². The van der Waals surface area contributed by atoms with Crippen molar-refractivity contribution in [2.24, 2.45) is 0 Å². The lowest BCUT2D eigenvalue weighted by molar-refractivity contribution is 0.224. The highest BCUT2D eigenvalue weighted by Crippen LogP contribution is 2.53. The first-order chi connectivity index (χ1) is 4.92. The Morgan fingerprint density at radius 2 is 2.10 bits per heavy atom. The van der Waals surface area contributed by atoms with E-state index < -0.39 is 0 Å². The lowest BCUT2D eigenvalue weighted by atomic mass is 9.87. The summed E-state index contributed by atoms with van der Waals surface area (Å²) in [7, 11) is 0. The molecule has 0 amide bonds. The van der Waals surface area contributed by atoms with Crippen LogP contribution in [0.3, 0.4) is 0 Å². The molecule has 3 unspecified atom stereocenters. The summed E-state index contributed by atoms with van der Waals surface area (Å²) in [6.45, 7) is 0.955. The molecule has 2 saturated heterocycles. The molecule has 0 bridgehead atoms. The Balaban J connectivity index is 1.80. The number of hydrogen-bond donors (Lipinski definition) is 0. The van der Waals surface area contributed by atoms with E-state index in [4.69, 9.17) is 9.47 Å². The van der Waals surface area contributed by atoms with Gasteiger partial charge in [0.2, 0.25) is 0 Å². The first-order valence-electron chi connectivity index (χ1n) is 4.21. The van der Waals surface area contributed by atoms with Crippen molar-refractivity contribution < 1.29 is 9.47 Å². The second-order valence-electron chi connectivity index (χ2n) is 3.63. The van der Waals surface area contributed by atoms with Crippen LogP contribution in [0, 0.1) is 0 Å². The molecule has 1 aliphatic carbocycles. The van der Waals surface area contributed by atoms with Gasteiger partial charge in [-0.15, -0.1) is 0 Å². The van der Waals surface area contributed by atoms with E-state index in [2.05, 4.69) is 0 Å². The molecule has 2 heterocycles. The SMILES string of the molecule is C1CCC2(C3CO3)OC2C1. The average molecular weight is 140 g/mol. The zero-order chi connectivity index (χ0) is 6.60. The first-order valence-corrected chi connectivity index (χ1v) is 4.21. The van der Waals surface area contributed by atoms with Crippen molar-refractivity contribution in [2.75, 3.05) is 6.61 Å². The van der Waals surface area contributed by atoms with Crippen LogP contribution in [0.1, 0.15) is 25.7 Å². The Hall–Kier alpha value is -0.0800. The number of epoxide rings is 2. The molecule has 0 N–H and O–H groups in total. The van der Waals surface area contributed by atoms with E-state index in [1.54, 1.807) is 0 Å². The standard InChI is InChI=1S/C8H12O2/c1-2-4-8(7-5-9-7)6(3-1)10-8/h6-7H,1-5H2. The minimum absolute atomic E-state index is 0.234. The molecule has 2 aliphatic heterocycles. The van der Waals surface area contributed by atoms with Crippen molar-refractivity contribution in [2.45, 2.75) is 43.5 Å². The summed E-state index contributed by atoms with van der Waals surface area (Å²) in [5.41, 5.74) is 0.234. The van der Waals surface area contributed by atoms with Crippen molar-refractivity contribution in [1.82, 2.24) is 0 Å². The van der Waals surface area contributed by atoms with Crippen molar-refractivity contribution in [3.63, 3.8) is 0 Å². The monoisotopic (exact) mass is 140 g/mol. The first kappa shape index (κ1) is 5.56. The summed E-state index contributed by atoms with van der Waals surface area (Å²) >= 11 is 0. The molecule has 0 spiro atoms. The van der Waals surface area contributed by atoms with Gasteiger partial charge in [0, 0.05) is 0 Å². The lowest BCUT2D eigenvalue weighted by Gasteiger charge is -2.13. The fourth-order valence-electron chi connectivity index (χ4n) is 2.26. The quantitative estimate of drug-likeness (QED) is 0.509. The molecule has 0 radical (unpaired) electrons. The summed E-state index contributed by atoms with van der Waals surface area (Å²) in [6, 6.07) is 0. The fraction of sp³-hybridized carbons (Fsp3) is 1.00. The molecule has 10 heavy (non-hydrogen) atoms. The predicted octanol–water partition coefficient (Wildman–Crippen LogP) is 1.10. The maximum atomic E-state index is 5.66. The van der Waals surface area contributed by atoms with Gasteiger partial charge in [-0.25, -0.2) is 0 Å². The Morgan fingerprint density at radius 1 is 1.20 bits per heavy atom. The Labute approximate surface area is 60.5 Å². The lowest BCUT2D eigenvalue weighted by Crippen LogP contribution is -2.25. The van der Waals surface area contributed by atoms with Crippen molar-refractivity contribution in [1.29, 1.82) is 0 Å². The summed E-state index contributed by atoms with van der Waals surface area (Å²) < 4.78 is 10.9. The molecular weight excluding hydrogens is 128 g/mol. The van der Waals surface area contributed by atoms with Crippen LogP contribution in [-0.4, -0.2) is 24.4 Å². The molecular formula is C8H12O2. The van der Waals surface area contributed by atoms with Crippen LogP contribution >= 0.6 is 0 Å². The highest BCUT2D eigenvalue weighted by molar-refractivity contribution is 5.13. The minimum atomic E-state index is 0.234. The number of fused-ring (bicyclic) bond motifs is 1. The largest absolute Gasteiger partial charge is 0.370 e. The fourth-order valence-corrected chi connectivity index (χ4v) is 2.26. The molecule has 56 valence electrons. The topological polar surface area (TPSA) is 25.1 Å². The highest BCUT2D eigenvalue weighted by atomic mass is 16.7. The van der Waals surface area contributed by atoms with Crippen molar-refractivity contribution in [3.8, 4) is 0 Å². The maximum absolute atomic E-state index is 5.66. The van der Waals surface area contributed by atoms with E-state index in [9.17, 15) is 0 Å². The van der Waals surface area contributed by atoms with E-state index in [1.807, 2.05) is 0 Å². The Kier molecular flexibility index (Phi) is 0.868. The zero-order valence-corrected chi connectivity index (χ0v) is 6.01. The molecule has 0 aromatic carbocycles. The van der Waals surface area contributed by atoms with Crippen molar-refractivity contribution >= 4 is 0 Å². The van der Waals surface area contributed by atoms with Crippen LogP contribution < -0.4 is 0 Å². The minimum Gasteiger partial charge on any atom is -0.370 e. The van der Waals surface area contributed by atoms with Gasteiger partial charge in [0.05, 0.1) is 12.7 Å². The van der Waals surface area contributed by atoms with E-state index in [1.165, 1.54) is 25.7 Å². The van der Waals surface area contributed by atoms with Crippen LogP contribution in [0.25, 0.3) is 0 Å². The summed E-state index contributed by atoms with van der Waals surface area (Å²) in [5, 5.41) is 0. The van der Waals surface area contributed by atoms with E-state index in [0.29, 0.717) is 12.2 Å². The van der Waals surface area contributed by atoms with Gasteiger partial charge in [0.15, 0.2) is 0 Å². The van der Waals surface area contributed by atoms with E-state index in [-0.39, 0.29) is 5.60 Å². The van der Waals surface area contributed by atoms with E-state index >= 15 is 0 Å². The Bertz CT molecular complexity index is 165. The summed E-state index contributed by atoms with van der Waals surface area (Å²) in [6.07, 6.45) is 6.30. The molecule has 3 fully saturated rings. The van der Waals surface area contributed by atoms with Crippen LogP contribution in [-0.2, 0) is 9.47 Å². The molecule has 2 heteroatoms. The van der Waals surface area contributed by atoms with Gasteiger partial charge >= 0.3 is 0 Å². The maximum Gasteiger partial charge on any atom is 0.123 e. The second-order valence-corrected chi connectivity index (χ2v) is 3.63.